The van der Waals surface area contributed by atoms with Crippen LogP contribution in [0.15, 0.2) is 47.5 Å². The highest BCUT2D eigenvalue weighted by atomic mass is 32.1. The molecule has 1 aromatic heterocycles. The molecule has 1 aliphatic rings. The monoisotopic (exact) mass is 431 g/mol. The Morgan fingerprint density at radius 3 is 2.58 bits per heavy atom. The fourth-order valence-electron chi connectivity index (χ4n) is 3.57. The van der Waals surface area contributed by atoms with E-state index < -0.39 is 5.91 Å². The molecule has 0 bridgehead atoms. The molecule has 6 nitrogen and oxygen atoms in total. The van der Waals surface area contributed by atoms with Crippen LogP contribution in [0.4, 0.5) is 5.69 Å². The Balaban J connectivity index is 1.76. The van der Waals surface area contributed by atoms with Gasteiger partial charge in [-0.1, -0.05) is 43.2 Å². The molecule has 0 atom stereocenters. The van der Waals surface area contributed by atoms with E-state index in [1.807, 2.05) is 10.6 Å². The van der Waals surface area contributed by atoms with Crippen molar-refractivity contribution < 1.29 is 14.4 Å². The molecule has 156 valence electrons. The molecule has 0 aliphatic carbocycles. The van der Waals surface area contributed by atoms with E-state index in [4.69, 9.17) is 6.42 Å². The van der Waals surface area contributed by atoms with E-state index in [9.17, 15) is 14.4 Å². The Morgan fingerprint density at radius 2 is 1.90 bits per heavy atom. The van der Waals surface area contributed by atoms with Gasteiger partial charge in [-0.2, -0.15) is 4.99 Å². The summed E-state index contributed by atoms with van der Waals surface area (Å²) >= 11 is 1.41. The normalized spacial score (nSPS) is 14.6. The van der Waals surface area contributed by atoms with E-state index in [0.29, 0.717) is 28.5 Å². The second-order valence-electron chi connectivity index (χ2n) is 7.65. The van der Waals surface area contributed by atoms with Crippen LogP contribution in [0.1, 0.15) is 48.5 Å². The average molecular weight is 432 g/mol. The highest BCUT2D eigenvalue weighted by Crippen LogP contribution is 2.25. The van der Waals surface area contributed by atoms with Crippen molar-refractivity contribution in [2.45, 2.75) is 39.2 Å². The first-order valence-corrected chi connectivity index (χ1v) is 10.8. The zero-order chi connectivity index (χ0) is 22.1. The lowest BCUT2D eigenvalue weighted by Gasteiger charge is -2.14. The number of thiazole rings is 1. The van der Waals surface area contributed by atoms with E-state index in [1.165, 1.54) is 23.0 Å². The molecule has 1 aliphatic heterocycles. The Kier molecular flexibility index (Phi) is 5.57. The summed E-state index contributed by atoms with van der Waals surface area (Å²) in [5, 5.41) is 0. The second-order valence-corrected chi connectivity index (χ2v) is 8.66. The lowest BCUT2D eigenvalue weighted by molar-refractivity contribution is -0.121. The molecule has 1 saturated heterocycles. The molecule has 3 aromatic rings. The highest BCUT2D eigenvalue weighted by Gasteiger charge is 2.30. The van der Waals surface area contributed by atoms with Crippen molar-refractivity contribution in [2.24, 2.45) is 4.99 Å². The molecule has 4 rings (SSSR count). The van der Waals surface area contributed by atoms with Gasteiger partial charge in [-0.05, 0) is 41.8 Å². The zero-order valence-electron chi connectivity index (χ0n) is 17.3. The van der Waals surface area contributed by atoms with Crippen molar-refractivity contribution in [1.82, 2.24) is 4.57 Å². The third kappa shape index (κ3) is 3.94. The number of imide groups is 1. The van der Waals surface area contributed by atoms with Crippen molar-refractivity contribution in [1.29, 1.82) is 0 Å². The number of carbonyl (C=O) groups excluding carboxylic acids is 3. The third-order valence-electron chi connectivity index (χ3n) is 5.22. The summed E-state index contributed by atoms with van der Waals surface area (Å²) in [6.45, 7) is 4.55. The molecule has 1 fully saturated rings. The number of carbonyl (C=O) groups is 3. The summed E-state index contributed by atoms with van der Waals surface area (Å²) in [5.41, 5.74) is 2.83. The van der Waals surface area contributed by atoms with Crippen LogP contribution in [0.25, 0.3) is 10.2 Å². The van der Waals surface area contributed by atoms with Crippen molar-refractivity contribution in [3.05, 3.63) is 58.4 Å². The first-order valence-electron chi connectivity index (χ1n) is 10.0. The number of amides is 3. The summed E-state index contributed by atoms with van der Waals surface area (Å²) in [6.07, 6.45) is 5.93. The molecule has 2 aromatic carbocycles. The SMILES string of the molecule is C#CCn1c(=NC(=O)c2cccc(N3C(=O)CCC3=O)c2)sc2cc(C(C)C)ccc21. The first kappa shape index (κ1) is 20.8. The summed E-state index contributed by atoms with van der Waals surface area (Å²) < 4.78 is 2.86. The maximum atomic E-state index is 12.9. The number of anilines is 1. The van der Waals surface area contributed by atoms with Gasteiger partial charge in [0, 0.05) is 18.4 Å². The van der Waals surface area contributed by atoms with Crippen molar-refractivity contribution in [3.8, 4) is 12.3 Å². The fourth-order valence-corrected chi connectivity index (χ4v) is 4.65. The Bertz CT molecular complexity index is 1310. The second kappa shape index (κ2) is 8.32. The van der Waals surface area contributed by atoms with Crippen LogP contribution >= 0.6 is 11.3 Å². The molecule has 7 heteroatoms. The van der Waals surface area contributed by atoms with Gasteiger partial charge in [-0.15, -0.1) is 6.42 Å². The van der Waals surface area contributed by atoms with Gasteiger partial charge in [0.05, 0.1) is 22.4 Å². The summed E-state index contributed by atoms with van der Waals surface area (Å²) in [6, 6.07) is 12.6. The van der Waals surface area contributed by atoms with Gasteiger partial charge in [0.15, 0.2) is 4.80 Å². The smallest absolute Gasteiger partial charge is 0.279 e. The predicted molar refractivity (Wildman–Crippen MR) is 121 cm³/mol. The third-order valence-corrected chi connectivity index (χ3v) is 6.26. The summed E-state index contributed by atoms with van der Waals surface area (Å²) in [7, 11) is 0. The number of fused-ring (bicyclic) bond motifs is 1. The maximum Gasteiger partial charge on any atom is 0.279 e. The van der Waals surface area contributed by atoms with E-state index in [1.54, 1.807) is 18.2 Å². The van der Waals surface area contributed by atoms with Gasteiger partial charge in [-0.25, -0.2) is 0 Å². The number of terminal acetylenes is 1. The number of hydrogen-bond acceptors (Lipinski definition) is 4. The minimum atomic E-state index is -0.456. The lowest BCUT2D eigenvalue weighted by atomic mass is 10.0. The van der Waals surface area contributed by atoms with Gasteiger partial charge in [-0.3, -0.25) is 19.3 Å². The molecule has 2 heterocycles. The molecule has 0 radical (unpaired) electrons. The molecule has 0 saturated carbocycles. The predicted octanol–water partition coefficient (Wildman–Crippen LogP) is 3.85. The minimum Gasteiger partial charge on any atom is -0.305 e. The van der Waals surface area contributed by atoms with Crippen LogP contribution < -0.4 is 9.70 Å². The Morgan fingerprint density at radius 1 is 1.16 bits per heavy atom. The number of hydrogen-bond donors (Lipinski definition) is 0. The topological polar surface area (TPSA) is 71.7 Å². The quantitative estimate of drug-likeness (QED) is 0.465. The first-order chi connectivity index (χ1) is 14.9. The number of benzene rings is 2. The van der Waals surface area contributed by atoms with E-state index in [-0.39, 0.29) is 24.7 Å². The fraction of sp³-hybridized carbons (Fsp3) is 0.250. The molecule has 0 spiro atoms. The summed E-state index contributed by atoms with van der Waals surface area (Å²) in [4.78, 5) is 43.0. The molecule has 3 amide bonds. The molecular formula is C24H21N3O3S. The zero-order valence-corrected chi connectivity index (χ0v) is 18.1. The van der Waals surface area contributed by atoms with Crippen LogP contribution in [0.2, 0.25) is 0 Å². The van der Waals surface area contributed by atoms with Crippen molar-refractivity contribution in [2.75, 3.05) is 4.90 Å². The summed E-state index contributed by atoms with van der Waals surface area (Å²) in [5.74, 6) is 2.03. The standard InChI is InChI=1S/C24H21N3O3S/c1-4-12-26-19-9-8-16(15(2)3)14-20(19)31-24(26)25-23(30)17-6-5-7-18(13-17)27-21(28)10-11-22(27)29/h1,5-9,13-15H,10-12H2,2-3H3. The molecule has 0 unspecified atom stereocenters. The molecule has 31 heavy (non-hydrogen) atoms. The van der Waals surface area contributed by atoms with E-state index in [2.05, 4.69) is 36.9 Å². The largest absolute Gasteiger partial charge is 0.305 e. The Labute approximate surface area is 183 Å². The van der Waals surface area contributed by atoms with Crippen molar-refractivity contribution in [3.63, 3.8) is 0 Å². The van der Waals surface area contributed by atoms with Gasteiger partial charge in [0.1, 0.15) is 0 Å². The van der Waals surface area contributed by atoms with Crippen LogP contribution in [0.3, 0.4) is 0 Å². The van der Waals surface area contributed by atoms with Crippen LogP contribution in [0.5, 0.6) is 0 Å². The molecular weight excluding hydrogens is 410 g/mol. The highest BCUT2D eigenvalue weighted by molar-refractivity contribution is 7.16. The minimum absolute atomic E-state index is 0.188. The lowest BCUT2D eigenvalue weighted by Crippen LogP contribution is -2.28. The van der Waals surface area contributed by atoms with Crippen molar-refractivity contribution >= 4 is 45.0 Å². The average Bonchev–Trinajstić information content (AvgIpc) is 3.27. The number of nitrogens with zero attached hydrogens (tertiary/aromatic N) is 3. The number of aromatic nitrogens is 1. The van der Waals surface area contributed by atoms with E-state index >= 15 is 0 Å². The number of rotatable bonds is 4. The maximum absolute atomic E-state index is 12.9. The van der Waals surface area contributed by atoms with Gasteiger partial charge in [0.25, 0.3) is 5.91 Å². The van der Waals surface area contributed by atoms with E-state index in [0.717, 1.165) is 15.1 Å². The van der Waals surface area contributed by atoms with Crippen LogP contribution in [-0.2, 0) is 16.1 Å². The van der Waals surface area contributed by atoms with Crippen LogP contribution in [-0.4, -0.2) is 22.3 Å². The van der Waals surface area contributed by atoms with Gasteiger partial charge >= 0.3 is 0 Å². The van der Waals surface area contributed by atoms with Gasteiger partial charge < -0.3 is 4.57 Å². The van der Waals surface area contributed by atoms with Crippen LogP contribution in [0, 0.1) is 12.3 Å². The Hall–Kier alpha value is -3.50. The molecule has 0 N–H and O–H groups in total. The van der Waals surface area contributed by atoms with Gasteiger partial charge in [0.2, 0.25) is 11.8 Å².